The molecule has 2 aromatic heterocycles. The highest BCUT2D eigenvalue weighted by Gasteiger charge is 1.97. The third-order valence-corrected chi connectivity index (χ3v) is 2.51. The van der Waals surface area contributed by atoms with E-state index in [1.807, 2.05) is 17.6 Å². The van der Waals surface area contributed by atoms with Crippen LogP contribution in [0.1, 0.15) is 0 Å². The predicted octanol–water partition coefficient (Wildman–Crippen LogP) is 2.80. The highest BCUT2D eigenvalue weighted by molar-refractivity contribution is 7.71. The van der Waals surface area contributed by atoms with Crippen molar-refractivity contribution in [2.75, 3.05) is 0 Å². The van der Waals surface area contributed by atoms with Gasteiger partial charge in [0.05, 0.1) is 10.6 Å². The van der Waals surface area contributed by atoms with Gasteiger partial charge in [0, 0.05) is 6.20 Å². The standard InChI is InChI=1S/C7H6N2S2/c10-7-8-4-5(9-7)6-2-1-3-11-6/h1-4H,(H2,8,9,10). The average Bonchev–Trinajstić information content (AvgIpc) is 2.55. The first-order valence-corrected chi connectivity index (χ1v) is 4.46. The molecule has 2 heterocycles. The minimum atomic E-state index is 0.674. The maximum Gasteiger partial charge on any atom is 0.174 e. The Morgan fingerprint density at radius 3 is 2.91 bits per heavy atom. The number of imidazole rings is 1. The SMILES string of the molecule is S=c1[nH]cc(-c2cccs2)[nH]1. The van der Waals surface area contributed by atoms with Gasteiger partial charge in [-0.1, -0.05) is 6.07 Å². The van der Waals surface area contributed by atoms with Gasteiger partial charge in [0.15, 0.2) is 4.77 Å². The summed E-state index contributed by atoms with van der Waals surface area (Å²) in [5.74, 6) is 0. The lowest BCUT2D eigenvalue weighted by molar-refractivity contribution is 1.27. The van der Waals surface area contributed by atoms with Crippen LogP contribution in [0.3, 0.4) is 0 Å². The van der Waals surface area contributed by atoms with Crippen LogP contribution in [-0.4, -0.2) is 9.97 Å². The largest absolute Gasteiger partial charge is 0.337 e. The van der Waals surface area contributed by atoms with Crippen LogP contribution in [0.15, 0.2) is 23.7 Å². The van der Waals surface area contributed by atoms with Crippen LogP contribution in [0, 0.1) is 4.77 Å². The van der Waals surface area contributed by atoms with Crippen LogP contribution in [0.5, 0.6) is 0 Å². The fourth-order valence-electron chi connectivity index (χ4n) is 0.897. The summed E-state index contributed by atoms with van der Waals surface area (Å²) >= 11 is 6.59. The van der Waals surface area contributed by atoms with Gasteiger partial charge in [0.1, 0.15) is 0 Å². The molecule has 0 atom stereocenters. The van der Waals surface area contributed by atoms with Crippen LogP contribution in [0.25, 0.3) is 10.6 Å². The van der Waals surface area contributed by atoms with Crippen LogP contribution in [0.2, 0.25) is 0 Å². The van der Waals surface area contributed by atoms with Crippen LogP contribution < -0.4 is 0 Å². The van der Waals surface area contributed by atoms with Crippen molar-refractivity contribution in [2.24, 2.45) is 0 Å². The van der Waals surface area contributed by atoms with Gasteiger partial charge in [0.2, 0.25) is 0 Å². The lowest BCUT2D eigenvalue weighted by Crippen LogP contribution is -1.67. The Hall–Kier alpha value is -0.870. The molecule has 2 N–H and O–H groups in total. The summed E-state index contributed by atoms with van der Waals surface area (Å²) in [4.78, 5) is 7.18. The molecule has 11 heavy (non-hydrogen) atoms. The molecule has 4 heteroatoms. The molecule has 0 saturated heterocycles. The summed E-state index contributed by atoms with van der Waals surface area (Å²) in [7, 11) is 0. The van der Waals surface area contributed by atoms with Crippen molar-refractivity contribution in [1.82, 2.24) is 9.97 Å². The topological polar surface area (TPSA) is 31.6 Å². The summed E-state index contributed by atoms with van der Waals surface area (Å²) in [6.07, 6.45) is 1.88. The van der Waals surface area contributed by atoms with Crippen molar-refractivity contribution in [1.29, 1.82) is 0 Å². The highest BCUT2D eigenvalue weighted by atomic mass is 32.1. The number of aromatic amines is 2. The molecule has 0 fully saturated rings. The zero-order valence-electron chi connectivity index (χ0n) is 5.63. The molecule has 0 amide bonds. The Balaban J connectivity index is 2.53. The molecular weight excluding hydrogens is 176 g/mol. The van der Waals surface area contributed by atoms with Crippen molar-refractivity contribution in [2.45, 2.75) is 0 Å². The van der Waals surface area contributed by atoms with Crippen molar-refractivity contribution >= 4 is 23.6 Å². The molecule has 0 spiro atoms. The molecule has 0 unspecified atom stereocenters. The summed E-state index contributed by atoms with van der Waals surface area (Å²) in [5.41, 5.74) is 1.06. The van der Waals surface area contributed by atoms with Crippen molar-refractivity contribution in [3.8, 4) is 10.6 Å². The number of hydrogen-bond acceptors (Lipinski definition) is 2. The van der Waals surface area contributed by atoms with Gasteiger partial charge in [-0.2, -0.15) is 0 Å². The lowest BCUT2D eigenvalue weighted by atomic mass is 10.4. The molecule has 0 aliphatic carbocycles. The molecule has 2 rings (SSSR count). The number of aromatic nitrogens is 2. The number of nitrogens with one attached hydrogen (secondary N) is 2. The van der Waals surface area contributed by atoms with E-state index in [4.69, 9.17) is 12.2 Å². The Morgan fingerprint density at radius 1 is 1.45 bits per heavy atom. The molecule has 56 valence electrons. The smallest absolute Gasteiger partial charge is 0.174 e. The summed E-state index contributed by atoms with van der Waals surface area (Å²) in [6, 6.07) is 4.07. The monoisotopic (exact) mass is 182 g/mol. The second-order valence-corrected chi connectivity index (χ2v) is 3.49. The Labute approximate surface area is 72.9 Å². The van der Waals surface area contributed by atoms with Gasteiger partial charge in [-0.25, -0.2) is 0 Å². The Kier molecular flexibility index (Phi) is 1.63. The quantitative estimate of drug-likeness (QED) is 0.653. The minimum absolute atomic E-state index is 0.674. The summed E-state index contributed by atoms with van der Waals surface area (Å²) < 4.78 is 0.674. The van der Waals surface area contributed by atoms with Gasteiger partial charge in [-0.05, 0) is 23.7 Å². The summed E-state index contributed by atoms with van der Waals surface area (Å²) in [5, 5.41) is 2.04. The lowest BCUT2D eigenvalue weighted by Gasteiger charge is -1.85. The maximum absolute atomic E-state index is 4.90. The van der Waals surface area contributed by atoms with E-state index >= 15 is 0 Å². The normalized spacial score (nSPS) is 10.2. The molecule has 0 saturated carbocycles. The molecule has 0 aliphatic heterocycles. The van der Waals surface area contributed by atoms with E-state index in [1.165, 1.54) is 4.88 Å². The van der Waals surface area contributed by atoms with Crippen molar-refractivity contribution < 1.29 is 0 Å². The zero-order chi connectivity index (χ0) is 7.68. The second-order valence-electron chi connectivity index (χ2n) is 2.13. The molecule has 0 bridgehead atoms. The van der Waals surface area contributed by atoms with E-state index in [2.05, 4.69) is 16.0 Å². The van der Waals surface area contributed by atoms with E-state index in [1.54, 1.807) is 11.3 Å². The van der Waals surface area contributed by atoms with E-state index in [0.717, 1.165) is 5.69 Å². The first kappa shape index (κ1) is 6.82. The van der Waals surface area contributed by atoms with Crippen LogP contribution in [-0.2, 0) is 0 Å². The first-order chi connectivity index (χ1) is 5.36. The number of rotatable bonds is 1. The molecule has 2 aromatic rings. The third kappa shape index (κ3) is 1.27. The van der Waals surface area contributed by atoms with E-state index in [-0.39, 0.29) is 0 Å². The number of H-pyrrole nitrogens is 2. The van der Waals surface area contributed by atoms with Gasteiger partial charge < -0.3 is 9.97 Å². The molecule has 0 radical (unpaired) electrons. The van der Waals surface area contributed by atoms with Gasteiger partial charge in [-0.3, -0.25) is 0 Å². The zero-order valence-corrected chi connectivity index (χ0v) is 7.26. The minimum Gasteiger partial charge on any atom is -0.337 e. The van der Waals surface area contributed by atoms with Gasteiger partial charge in [-0.15, -0.1) is 11.3 Å². The first-order valence-electron chi connectivity index (χ1n) is 3.18. The highest BCUT2D eigenvalue weighted by Crippen LogP contribution is 2.21. The third-order valence-electron chi connectivity index (χ3n) is 1.38. The number of thiophene rings is 1. The molecule has 0 aliphatic rings. The Bertz CT molecular complexity index is 382. The maximum atomic E-state index is 4.90. The number of hydrogen-bond donors (Lipinski definition) is 2. The van der Waals surface area contributed by atoms with Crippen molar-refractivity contribution in [3.63, 3.8) is 0 Å². The second kappa shape index (κ2) is 2.64. The van der Waals surface area contributed by atoms with Crippen LogP contribution in [0.4, 0.5) is 0 Å². The average molecular weight is 182 g/mol. The summed E-state index contributed by atoms with van der Waals surface area (Å²) in [6.45, 7) is 0. The van der Waals surface area contributed by atoms with E-state index < -0.39 is 0 Å². The molecular formula is C7H6N2S2. The van der Waals surface area contributed by atoms with Gasteiger partial charge in [0.25, 0.3) is 0 Å². The van der Waals surface area contributed by atoms with E-state index in [0.29, 0.717) is 4.77 Å². The Morgan fingerprint density at radius 2 is 2.36 bits per heavy atom. The fraction of sp³-hybridized carbons (Fsp3) is 0. The molecule has 0 aromatic carbocycles. The fourth-order valence-corrected chi connectivity index (χ4v) is 1.76. The van der Waals surface area contributed by atoms with Gasteiger partial charge >= 0.3 is 0 Å². The molecule has 2 nitrogen and oxygen atoms in total. The van der Waals surface area contributed by atoms with Crippen LogP contribution >= 0.6 is 23.6 Å². The van der Waals surface area contributed by atoms with Crippen molar-refractivity contribution in [3.05, 3.63) is 28.5 Å². The van der Waals surface area contributed by atoms with E-state index in [9.17, 15) is 0 Å². The predicted molar refractivity (Wildman–Crippen MR) is 49.3 cm³/mol.